The minimum absolute atomic E-state index is 0.138. The zero-order valence-corrected chi connectivity index (χ0v) is 14.4. The molecule has 2 rings (SSSR count). The predicted octanol–water partition coefficient (Wildman–Crippen LogP) is 4.25. The molecule has 0 spiro atoms. The van der Waals surface area contributed by atoms with Crippen molar-refractivity contribution in [3.05, 3.63) is 71.3 Å². The van der Waals surface area contributed by atoms with E-state index < -0.39 is 18.1 Å². The molecule has 1 amide bonds. The molecule has 0 fully saturated rings. The topological polar surface area (TPSA) is 75.6 Å². The molecule has 2 aromatic rings. The Bertz CT molecular complexity index is 695. The lowest BCUT2D eigenvalue weighted by Gasteiger charge is -2.18. The van der Waals surface area contributed by atoms with E-state index in [-0.39, 0.29) is 13.0 Å². The van der Waals surface area contributed by atoms with Crippen molar-refractivity contribution in [2.24, 2.45) is 0 Å². The standard InChI is InChI=1S/C20H23NO4/c1-14(2)16-8-10-17(11-9-16)18(12-19(22)23)21-20(24)25-13-15-6-4-3-5-7-15/h3-11,14,18H,12-13H2,1-2H3,(H,21,24)(H,22,23)/t18-/m1/s1. The zero-order chi connectivity index (χ0) is 18.2. The van der Waals surface area contributed by atoms with Crippen molar-refractivity contribution < 1.29 is 19.4 Å². The fourth-order valence-corrected chi connectivity index (χ4v) is 2.45. The van der Waals surface area contributed by atoms with Crippen LogP contribution in [0.2, 0.25) is 0 Å². The molecule has 1 atom stereocenters. The van der Waals surface area contributed by atoms with E-state index in [1.807, 2.05) is 54.6 Å². The summed E-state index contributed by atoms with van der Waals surface area (Å²) >= 11 is 0. The number of rotatable bonds is 7. The average molecular weight is 341 g/mol. The maximum Gasteiger partial charge on any atom is 0.407 e. The highest BCUT2D eigenvalue weighted by molar-refractivity contribution is 5.72. The number of amides is 1. The Morgan fingerprint density at radius 2 is 1.60 bits per heavy atom. The number of carbonyl (C=O) groups is 2. The van der Waals surface area contributed by atoms with Crippen LogP contribution in [0.1, 0.15) is 48.9 Å². The number of hydrogen-bond donors (Lipinski definition) is 2. The van der Waals surface area contributed by atoms with Gasteiger partial charge in [-0.25, -0.2) is 4.79 Å². The summed E-state index contributed by atoms with van der Waals surface area (Å²) in [6, 6.07) is 16.3. The van der Waals surface area contributed by atoms with Crippen LogP contribution >= 0.6 is 0 Å². The lowest BCUT2D eigenvalue weighted by atomic mass is 9.98. The average Bonchev–Trinajstić information content (AvgIpc) is 2.60. The molecule has 0 bridgehead atoms. The summed E-state index contributed by atoms with van der Waals surface area (Å²) in [6.07, 6.45) is -0.843. The van der Waals surface area contributed by atoms with Gasteiger partial charge < -0.3 is 15.2 Å². The minimum atomic E-state index is -0.985. The summed E-state index contributed by atoms with van der Waals surface area (Å²) in [5.41, 5.74) is 2.77. The van der Waals surface area contributed by atoms with E-state index in [0.717, 1.165) is 16.7 Å². The summed E-state index contributed by atoms with van der Waals surface area (Å²) in [4.78, 5) is 23.2. The van der Waals surface area contributed by atoms with Crippen molar-refractivity contribution in [2.45, 2.75) is 38.8 Å². The number of carbonyl (C=O) groups excluding carboxylic acids is 1. The number of benzene rings is 2. The molecule has 0 aliphatic carbocycles. The van der Waals surface area contributed by atoms with Gasteiger partial charge in [-0.2, -0.15) is 0 Å². The first-order chi connectivity index (χ1) is 12.0. The minimum Gasteiger partial charge on any atom is -0.481 e. The third-order valence-electron chi connectivity index (χ3n) is 3.89. The second-order valence-corrected chi connectivity index (χ2v) is 6.18. The smallest absolute Gasteiger partial charge is 0.407 e. The van der Waals surface area contributed by atoms with E-state index in [9.17, 15) is 9.59 Å². The van der Waals surface area contributed by atoms with Crippen molar-refractivity contribution in [3.8, 4) is 0 Å². The van der Waals surface area contributed by atoms with E-state index in [0.29, 0.717) is 5.92 Å². The largest absolute Gasteiger partial charge is 0.481 e. The molecule has 2 aromatic carbocycles. The van der Waals surface area contributed by atoms with E-state index in [4.69, 9.17) is 9.84 Å². The predicted molar refractivity (Wildman–Crippen MR) is 95.3 cm³/mol. The maximum absolute atomic E-state index is 12.0. The number of ether oxygens (including phenoxy) is 1. The SMILES string of the molecule is CC(C)c1ccc([C@@H](CC(=O)O)NC(=O)OCc2ccccc2)cc1. The molecule has 5 nitrogen and oxygen atoms in total. The van der Waals surface area contributed by atoms with Crippen LogP contribution in [0.4, 0.5) is 4.79 Å². The lowest BCUT2D eigenvalue weighted by molar-refractivity contribution is -0.137. The Hall–Kier alpha value is -2.82. The van der Waals surface area contributed by atoms with Gasteiger partial charge in [-0.15, -0.1) is 0 Å². The first-order valence-electron chi connectivity index (χ1n) is 8.24. The van der Waals surface area contributed by atoms with Crippen LogP contribution in [0, 0.1) is 0 Å². The molecule has 0 unspecified atom stereocenters. The van der Waals surface area contributed by atoms with Gasteiger partial charge >= 0.3 is 12.1 Å². The van der Waals surface area contributed by atoms with Gasteiger partial charge in [0.25, 0.3) is 0 Å². The van der Waals surface area contributed by atoms with E-state index in [2.05, 4.69) is 19.2 Å². The fraction of sp³-hybridized carbons (Fsp3) is 0.300. The number of alkyl carbamates (subject to hydrolysis) is 1. The van der Waals surface area contributed by atoms with Gasteiger partial charge in [0.15, 0.2) is 0 Å². The van der Waals surface area contributed by atoms with Crippen molar-refractivity contribution in [1.82, 2.24) is 5.32 Å². The molecule has 0 heterocycles. The van der Waals surface area contributed by atoms with Gasteiger partial charge in [-0.1, -0.05) is 68.4 Å². The molecule has 2 N–H and O–H groups in total. The molecule has 0 aromatic heterocycles. The van der Waals surface area contributed by atoms with Gasteiger partial charge in [-0.05, 0) is 22.6 Å². The van der Waals surface area contributed by atoms with E-state index in [1.165, 1.54) is 0 Å². The third-order valence-corrected chi connectivity index (χ3v) is 3.89. The normalized spacial score (nSPS) is 11.8. The van der Waals surface area contributed by atoms with Gasteiger partial charge in [0.05, 0.1) is 12.5 Å². The summed E-state index contributed by atoms with van der Waals surface area (Å²) in [7, 11) is 0. The lowest BCUT2D eigenvalue weighted by Crippen LogP contribution is -2.30. The fourth-order valence-electron chi connectivity index (χ4n) is 2.45. The quantitative estimate of drug-likeness (QED) is 0.789. The van der Waals surface area contributed by atoms with Crippen molar-refractivity contribution in [3.63, 3.8) is 0 Å². The van der Waals surface area contributed by atoms with Crippen molar-refractivity contribution in [2.75, 3.05) is 0 Å². The highest BCUT2D eigenvalue weighted by atomic mass is 16.5. The second-order valence-electron chi connectivity index (χ2n) is 6.18. The summed E-state index contributed by atoms with van der Waals surface area (Å²) in [6.45, 7) is 4.31. The second kappa shape index (κ2) is 8.87. The Labute approximate surface area is 147 Å². The number of carboxylic acids is 1. The molecule has 0 saturated heterocycles. The Kier molecular flexibility index (Phi) is 6.57. The molecule has 132 valence electrons. The van der Waals surface area contributed by atoms with Crippen molar-refractivity contribution in [1.29, 1.82) is 0 Å². The number of aliphatic carboxylic acids is 1. The zero-order valence-electron chi connectivity index (χ0n) is 14.4. The number of hydrogen-bond acceptors (Lipinski definition) is 3. The molecule has 5 heteroatoms. The summed E-state index contributed by atoms with van der Waals surface area (Å²) in [5.74, 6) is -0.600. The van der Waals surface area contributed by atoms with Crippen LogP contribution < -0.4 is 5.32 Å². The van der Waals surface area contributed by atoms with Gasteiger partial charge in [0.2, 0.25) is 0 Å². The van der Waals surface area contributed by atoms with Gasteiger partial charge in [0, 0.05) is 0 Å². The highest BCUT2D eigenvalue weighted by Crippen LogP contribution is 2.21. The molecule has 0 aliphatic heterocycles. The van der Waals surface area contributed by atoms with Crippen LogP contribution in [-0.2, 0) is 16.1 Å². The van der Waals surface area contributed by atoms with E-state index >= 15 is 0 Å². The summed E-state index contributed by atoms with van der Waals surface area (Å²) < 4.78 is 5.18. The highest BCUT2D eigenvalue weighted by Gasteiger charge is 2.19. The molecule has 0 saturated carbocycles. The van der Waals surface area contributed by atoms with Gasteiger partial charge in [-0.3, -0.25) is 4.79 Å². The molecule has 0 aliphatic rings. The maximum atomic E-state index is 12.0. The number of carboxylic acid groups (broad SMARTS) is 1. The summed E-state index contributed by atoms with van der Waals surface area (Å²) in [5, 5.41) is 11.8. The Balaban J connectivity index is 2.01. The Morgan fingerprint density at radius 3 is 2.16 bits per heavy atom. The monoisotopic (exact) mass is 341 g/mol. The van der Waals surface area contributed by atoms with E-state index in [1.54, 1.807) is 0 Å². The van der Waals surface area contributed by atoms with Crippen molar-refractivity contribution >= 4 is 12.1 Å². The van der Waals surface area contributed by atoms with Crippen LogP contribution in [0.25, 0.3) is 0 Å². The van der Waals surface area contributed by atoms with Crippen LogP contribution in [0.5, 0.6) is 0 Å². The first kappa shape index (κ1) is 18.5. The van der Waals surface area contributed by atoms with Gasteiger partial charge in [0.1, 0.15) is 6.61 Å². The molecule has 0 radical (unpaired) electrons. The molecular formula is C20H23NO4. The number of nitrogens with one attached hydrogen (secondary N) is 1. The molecule has 25 heavy (non-hydrogen) atoms. The first-order valence-corrected chi connectivity index (χ1v) is 8.24. The van der Waals surface area contributed by atoms with Crippen LogP contribution in [-0.4, -0.2) is 17.2 Å². The molecular weight excluding hydrogens is 318 g/mol. The van der Waals surface area contributed by atoms with Crippen LogP contribution in [0.3, 0.4) is 0 Å². The Morgan fingerprint density at radius 1 is 1.00 bits per heavy atom. The third kappa shape index (κ3) is 5.95. The van der Waals surface area contributed by atoms with Crippen LogP contribution in [0.15, 0.2) is 54.6 Å².